The van der Waals surface area contributed by atoms with Gasteiger partial charge in [0.05, 0.1) is 11.1 Å². The predicted molar refractivity (Wildman–Crippen MR) is 88.3 cm³/mol. The van der Waals surface area contributed by atoms with Crippen LogP contribution in [-0.4, -0.2) is 25.9 Å². The first-order chi connectivity index (χ1) is 11.1. The summed E-state index contributed by atoms with van der Waals surface area (Å²) in [5.74, 6) is 1.05. The van der Waals surface area contributed by atoms with Crippen LogP contribution in [-0.2, 0) is 11.8 Å². The molecule has 4 rings (SSSR count). The second kappa shape index (κ2) is 4.94. The van der Waals surface area contributed by atoms with Crippen LogP contribution in [0.1, 0.15) is 29.2 Å². The van der Waals surface area contributed by atoms with E-state index in [9.17, 15) is 4.79 Å². The summed E-state index contributed by atoms with van der Waals surface area (Å²) in [6.45, 7) is 4.01. The van der Waals surface area contributed by atoms with E-state index in [1.165, 1.54) is 11.1 Å². The lowest BCUT2D eigenvalue weighted by molar-refractivity contribution is -0.117. The highest BCUT2D eigenvalue weighted by atomic mass is 16.2. The molecule has 1 aliphatic rings. The number of anilines is 1. The van der Waals surface area contributed by atoms with Crippen molar-refractivity contribution in [3.63, 3.8) is 0 Å². The molecule has 0 radical (unpaired) electrons. The quantitative estimate of drug-likeness (QED) is 0.781. The Morgan fingerprint density at radius 1 is 1.35 bits per heavy atom. The van der Waals surface area contributed by atoms with Gasteiger partial charge in [0, 0.05) is 13.0 Å². The number of carbonyl (C=O) groups excluding carboxylic acids is 1. The maximum absolute atomic E-state index is 12.5. The fraction of sp³-hybridized carbons (Fsp3) is 0.353. The molecule has 2 N–H and O–H groups in total. The van der Waals surface area contributed by atoms with Crippen molar-refractivity contribution in [1.29, 1.82) is 0 Å². The molecule has 1 saturated carbocycles. The minimum absolute atomic E-state index is 0.0337. The number of H-pyrrole nitrogens is 1. The fourth-order valence-corrected chi connectivity index (χ4v) is 3.37. The Morgan fingerprint density at radius 3 is 2.91 bits per heavy atom. The molecule has 6 heteroatoms. The van der Waals surface area contributed by atoms with Gasteiger partial charge in [-0.05, 0) is 37.3 Å². The first-order valence-electron chi connectivity index (χ1n) is 7.80. The Labute approximate surface area is 133 Å². The van der Waals surface area contributed by atoms with Gasteiger partial charge in [-0.2, -0.15) is 10.2 Å². The fourth-order valence-electron chi connectivity index (χ4n) is 3.37. The number of benzene rings is 1. The molecule has 6 nitrogen and oxygen atoms in total. The van der Waals surface area contributed by atoms with Crippen LogP contribution in [0.25, 0.3) is 11.0 Å². The van der Waals surface area contributed by atoms with Crippen LogP contribution in [0.3, 0.4) is 0 Å². The van der Waals surface area contributed by atoms with Crippen molar-refractivity contribution < 1.29 is 4.79 Å². The Balaban J connectivity index is 1.54. The lowest BCUT2D eigenvalue weighted by atomic mass is 10.0. The molecule has 0 unspecified atom stereocenters. The van der Waals surface area contributed by atoms with E-state index in [1.54, 1.807) is 4.68 Å². The number of fused-ring (bicyclic) bond motifs is 1. The zero-order chi connectivity index (χ0) is 16.1. The summed E-state index contributed by atoms with van der Waals surface area (Å²) in [7, 11) is 1.84. The zero-order valence-electron chi connectivity index (χ0n) is 13.4. The van der Waals surface area contributed by atoms with Crippen LogP contribution in [0.5, 0.6) is 0 Å². The van der Waals surface area contributed by atoms with Gasteiger partial charge < -0.3 is 5.32 Å². The van der Waals surface area contributed by atoms with Crippen molar-refractivity contribution in [2.75, 3.05) is 5.32 Å². The molecule has 2 atom stereocenters. The molecule has 1 amide bonds. The molecule has 118 valence electrons. The van der Waals surface area contributed by atoms with Crippen LogP contribution < -0.4 is 5.32 Å². The second-order valence-electron chi connectivity index (χ2n) is 6.30. The summed E-state index contributed by atoms with van der Waals surface area (Å²) in [6, 6.07) is 8.28. The Hall–Kier alpha value is -2.63. The molecule has 0 spiro atoms. The molecule has 1 fully saturated rings. The number of aromatic nitrogens is 4. The second-order valence-corrected chi connectivity index (χ2v) is 6.30. The highest BCUT2D eigenvalue weighted by molar-refractivity contribution is 6.02. The molecule has 2 aromatic heterocycles. The van der Waals surface area contributed by atoms with Crippen LogP contribution in [0.2, 0.25) is 0 Å². The summed E-state index contributed by atoms with van der Waals surface area (Å²) in [4.78, 5) is 12.5. The van der Waals surface area contributed by atoms with Gasteiger partial charge in [0.25, 0.3) is 0 Å². The number of nitrogens with zero attached hydrogens (tertiary/aromatic N) is 3. The number of hydrogen-bond donors (Lipinski definition) is 2. The van der Waals surface area contributed by atoms with E-state index < -0.39 is 0 Å². The van der Waals surface area contributed by atoms with E-state index in [0.29, 0.717) is 11.7 Å². The summed E-state index contributed by atoms with van der Waals surface area (Å²) in [6.07, 6.45) is 0.903. The number of hydrogen-bond acceptors (Lipinski definition) is 3. The van der Waals surface area contributed by atoms with Gasteiger partial charge in [-0.1, -0.05) is 24.3 Å². The maximum atomic E-state index is 12.5. The normalized spacial score (nSPS) is 20.0. The third-order valence-electron chi connectivity index (χ3n) is 4.68. The molecule has 1 aromatic carbocycles. The van der Waals surface area contributed by atoms with E-state index in [0.717, 1.165) is 23.1 Å². The molecule has 23 heavy (non-hydrogen) atoms. The molecular formula is C17H19N5O. The largest absolute Gasteiger partial charge is 0.310 e. The van der Waals surface area contributed by atoms with Crippen molar-refractivity contribution in [3.8, 4) is 0 Å². The average molecular weight is 309 g/mol. The molecule has 0 aliphatic heterocycles. The SMILES string of the molecule is Cc1ccccc1[C@H]1C[C@@H]1C(=O)Nc1[nH]nc2c1c(C)nn2C. The van der Waals surface area contributed by atoms with Gasteiger partial charge >= 0.3 is 0 Å². The number of nitrogens with one attached hydrogen (secondary N) is 2. The summed E-state index contributed by atoms with van der Waals surface area (Å²) in [5, 5.41) is 15.3. The highest BCUT2D eigenvalue weighted by Gasteiger charge is 2.44. The molecule has 1 aliphatic carbocycles. The third kappa shape index (κ3) is 2.21. The van der Waals surface area contributed by atoms with Gasteiger partial charge in [-0.25, -0.2) is 4.68 Å². The van der Waals surface area contributed by atoms with Crippen molar-refractivity contribution >= 4 is 22.8 Å². The number of carbonyl (C=O) groups is 1. The molecule has 0 bridgehead atoms. The van der Waals surface area contributed by atoms with Gasteiger partial charge in [0.2, 0.25) is 5.91 Å². The Kier molecular flexibility index (Phi) is 3.01. The Morgan fingerprint density at radius 2 is 2.13 bits per heavy atom. The minimum Gasteiger partial charge on any atom is -0.310 e. The molecule has 0 saturated heterocycles. The zero-order valence-corrected chi connectivity index (χ0v) is 13.4. The van der Waals surface area contributed by atoms with E-state index in [-0.39, 0.29) is 11.8 Å². The first kappa shape index (κ1) is 14.0. The van der Waals surface area contributed by atoms with E-state index in [1.807, 2.05) is 26.1 Å². The van der Waals surface area contributed by atoms with Gasteiger partial charge in [-0.15, -0.1) is 0 Å². The first-order valence-corrected chi connectivity index (χ1v) is 7.80. The highest BCUT2D eigenvalue weighted by Crippen LogP contribution is 2.49. The predicted octanol–water partition coefficient (Wildman–Crippen LogP) is 2.66. The monoisotopic (exact) mass is 309 g/mol. The molecule has 2 heterocycles. The summed E-state index contributed by atoms with van der Waals surface area (Å²) in [5.41, 5.74) is 4.14. The molecule has 3 aromatic rings. The van der Waals surface area contributed by atoms with Gasteiger partial charge in [0.1, 0.15) is 5.82 Å². The maximum Gasteiger partial charge on any atom is 0.229 e. The third-order valence-corrected chi connectivity index (χ3v) is 4.68. The van der Waals surface area contributed by atoms with E-state index >= 15 is 0 Å². The smallest absolute Gasteiger partial charge is 0.229 e. The lowest BCUT2D eigenvalue weighted by Gasteiger charge is -2.05. The number of amides is 1. The summed E-state index contributed by atoms with van der Waals surface area (Å²) >= 11 is 0. The van der Waals surface area contributed by atoms with Crippen molar-refractivity contribution in [3.05, 3.63) is 41.1 Å². The van der Waals surface area contributed by atoms with Crippen LogP contribution in [0.15, 0.2) is 24.3 Å². The lowest BCUT2D eigenvalue weighted by Crippen LogP contribution is -2.15. The standard InChI is InChI=1S/C17H19N5O/c1-9-6-4-5-7-11(9)12-8-13(12)17(23)18-15-14-10(2)21-22(3)16(14)20-19-15/h4-7,12-13H,8H2,1-3H3,(H2,18,19,20,23)/t12-,13+/m1/s1. The van der Waals surface area contributed by atoms with Crippen LogP contribution >= 0.6 is 0 Å². The summed E-state index contributed by atoms with van der Waals surface area (Å²) < 4.78 is 1.71. The van der Waals surface area contributed by atoms with Gasteiger partial charge in [-0.3, -0.25) is 9.89 Å². The van der Waals surface area contributed by atoms with Crippen LogP contribution in [0, 0.1) is 19.8 Å². The van der Waals surface area contributed by atoms with E-state index in [2.05, 4.69) is 39.7 Å². The molecular weight excluding hydrogens is 290 g/mol. The van der Waals surface area contributed by atoms with Gasteiger partial charge in [0.15, 0.2) is 5.65 Å². The number of rotatable bonds is 3. The van der Waals surface area contributed by atoms with Crippen molar-refractivity contribution in [2.24, 2.45) is 13.0 Å². The average Bonchev–Trinajstić information content (AvgIpc) is 3.12. The Bertz CT molecular complexity index is 907. The number of aromatic amines is 1. The van der Waals surface area contributed by atoms with Crippen LogP contribution in [0.4, 0.5) is 5.82 Å². The number of aryl methyl sites for hydroxylation is 3. The van der Waals surface area contributed by atoms with E-state index in [4.69, 9.17) is 0 Å². The topological polar surface area (TPSA) is 75.6 Å². The minimum atomic E-state index is 0.0337. The van der Waals surface area contributed by atoms with Crippen molar-refractivity contribution in [1.82, 2.24) is 20.0 Å². The van der Waals surface area contributed by atoms with Crippen molar-refractivity contribution in [2.45, 2.75) is 26.2 Å².